The first-order valence-electron chi connectivity index (χ1n) is 7.31. The van der Waals surface area contributed by atoms with E-state index in [9.17, 15) is 19.7 Å². The topological polar surface area (TPSA) is 122 Å². The highest BCUT2D eigenvalue weighted by atomic mass is 32.2. The highest BCUT2D eigenvalue weighted by Gasteiger charge is 2.25. The minimum Gasteiger partial charge on any atom is -0.462 e. The van der Waals surface area contributed by atoms with Gasteiger partial charge in [0.2, 0.25) is 0 Å². The number of thiocyanates is 1. The van der Waals surface area contributed by atoms with Crippen molar-refractivity contribution in [1.82, 2.24) is 0 Å². The van der Waals surface area contributed by atoms with Crippen LogP contribution in [0.15, 0.2) is 29.2 Å². The molecule has 1 aromatic heterocycles. The first-order valence-corrected chi connectivity index (χ1v) is 8.95. The lowest BCUT2D eigenvalue weighted by atomic mass is 10.1. The second kappa shape index (κ2) is 8.46. The number of ether oxygens (including phenoxy) is 1. The van der Waals surface area contributed by atoms with E-state index in [4.69, 9.17) is 10.00 Å². The van der Waals surface area contributed by atoms with Crippen molar-refractivity contribution in [3.8, 4) is 5.40 Å². The van der Waals surface area contributed by atoms with E-state index in [1.54, 1.807) is 13.8 Å². The molecule has 1 N–H and O–H groups in total. The van der Waals surface area contributed by atoms with Crippen molar-refractivity contribution in [3.63, 3.8) is 0 Å². The standard InChI is InChI=1S/C16H13N3O5S2/c1-3-24-16(21)13-9(2)12(25-8-17)15(26-13)18-14(20)10-6-4-5-7-11(10)19(22)23/h4-7H,3H2,1-2H3,(H,18,20). The lowest BCUT2D eigenvalue weighted by molar-refractivity contribution is -0.385. The molecule has 0 bridgehead atoms. The minimum absolute atomic E-state index is 0.117. The summed E-state index contributed by atoms with van der Waals surface area (Å²) in [4.78, 5) is 35.6. The van der Waals surface area contributed by atoms with Gasteiger partial charge in [-0.3, -0.25) is 14.9 Å². The van der Waals surface area contributed by atoms with Gasteiger partial charge in [-0.25, -0.2) is 4.79 Å². The molecule has 134 valence electrons. The molecule has 0 unspecified atom stereocenters. The van der Waals surface area contributed by atoms with Crippen LogP contribution in [0.5, 0.6) is 0 Å². The zero-order valence-electron chi connectivity index (χ0n) is 13.8. The second-order valence-electron chi connectivity index (χ2n) is 4.86. The lowest BCUT2D eigenvalue weighted by Crippen LogP contribution is -2.13. The summed E-state index contributed by atoms with van der Waals surface area (Å²) in [6, 6.07) is 5.53. The van der Waals surface area contributed by atoms with Gasteiger partial charge in [-0.15, -0.1) is 11.3 Å². The highest BCUT2D eigenvalue weighted by Crippen LogP contribution is 2.40. The second-order valence-corrected chi connectivity index (χ2v) is 6.67. The minimum atomic E-state index is -0.700. The van der Waals surface area contributed by atoms with Gasteiger partial charge in [0, 0.05) is 6.07 Å². The van der Waals surface area contributed by atoms with Gasteiger partial charge in [-0.05, 0) is 37.2 Å². The Morgan fingerprint density at radius 2 is 2.12 bits per heavy atom. The lowest BCUT2D eigenvalue weighted by Gasteiger charge is -2.05. The number of nitriles is 1. The smallest absolute Gasteiger partial charge is 0.348 e. The van der Waals surface area contributed by atoms with Crippen LogP contribution in [-0.2, 0) is 4.74 Å². The molecule has 10 heteroatoms. The van der Waals surface area contributed by atoms with Crippen LogP contribution in [0.4, 0.5) is 10.7 Å². The Morgan fingerprint density at radius 3 is 2.73 bits per heavy atom. The van der Waals surface area contributed by atoms with Crippen molar-refractivity contribution < 1.29 is 19.2 Å². The molecule has 2 rings (SSSR count). The van der Waals surface area contributed by atoms with Crippen molar-refractivity contribution in [1.29, 1.82) is 5.26 Å². The van der Waals surface area contributed by atoms with Crippen LogP contribution in [0.2, 0.25) is 0 Å². The van der Waals surface area contributed by atoms with Crippen LogP contribution in [-0.4, -0.2) is 23.4 Å². The normalized spacial score (nSPS) is 10.0. The molecule has 0 aliphatic heterocycles. The van der Waals surface area contributed by atoms with E-state index >= 15 is 0 Å². The number of para-hydroxylation sites is 1. The number of nitrogens with one attached hydrogen (secondary N) is 1. The van der Waals surface area contributed by atoms with Crippen LogP contribution in [0.3, 0.4) is 0 Å². The van der Waals surface area contributed by atoms with E-state index in [-0.39, 0.29) is 27.7 Å². The van der Waals surface area contributed by atoms with E-state index in [0.29, 0.717) is 10.5 Å². The number of rotatable bonds is 6. The fourth-order valence-electron chi connectivity index (χ4n) is 2.14. The van der Waals surface area contributed by atoms with Gasteiger partial charge < -0.3 is 10.1 Å². The Kier molecular flexibility index (Phi) is 6.32. The maximum atomic E-state index is 12.5. The van der Waals surface area contributed by atoms with Crippen LogP contribution >= 0.6 is 23.1 Å². The Labute approximate surface area is 156 Å². The van der Waals surface area contributed by atoms with E-state index < -0.39 is 16.8 Å². The van der Waals surface area contributed by atoms with Crippen molar-refractivity contribution in [2.45, 2.75) is 18.7 Å². The number of anilines is 1. The van der Waals surface area contributed by atoms with Crippen molar-refractivity contribution in [2.24, 2.45) is 0 Å². The average Bonchev–Trinajstić information content (AvgIpc) is 2.91. The van der Waals surface area contributed by atoms with E-state index in [1.165, 1.54) is 24.3 Å². The number of nitro benzene ring substituents is 1. The Hall–Kier alpha value is -2.90. The Balaban J connectivity index is 2.41. The van der Waals surface area contributed by atoms with Gasteiger partial charge in [0.1, 0.15) is 20.8 Å². The van der Waals surface area contributed by atoms with E-state index in [0.717, 1.165) is 23.1 Å². The van der Waals surface area contributed by atoms with E-state index in [2.05, 4.69) is 5.32 Å². The number of hydrogen-bond donors (Lipinski definition) is 1. The molecule has 1 amide bonds. The third kappa shape index (κ3) is 4.01. The molecule has 1 aromatic carbocycles. The van der Waals surface area contributed by atoms with Crippen molar-refractivity contribution in [3.05, 3.63) is 50.4 Å². The molecule has 8 nitrogen and oxygen atoms in total. The van der Waals surface area contributed by atoms with Crippen LogP contribution in [0, 0.1) is 27.7 Å². The number of nitro groups is 1. The molecule has 0 saturated heterocycles. The van der Waals surface area contributed by atoms with Crippen LogP contribution in [0.1, 0.15) is 32.5 Å². The molecule has 0 saturated carbocycles. The van der Waals surface area contributed by atoms with Gasteiger partial charge >= 0.3 is 5.97 Å². The quantitative estimate of drug-likeness (QED) is 0.260. The number of esters is 1. The SMILES string of the molecule is CCOC(=O)c1sc(NC(=O)c2ccccc2[N+](=O)[O-])c(SC#N)c1C. The summed E-state index contributed by atoms with van der Waals surface area (Å²) in [5.41, 5.74) is 0.0605. The van der Waals surface area contributed by atoms with Gasteiger partial charge in [0.05, 0.1) is 16.4 Å². The Morgan fingerprint density at radius 1 is 1.42 bits per heavy atom. The first-order chi connectivity index (χ1) is 12.4. The summed E-state index contributed by atoms with van der Waals surface area (Å²) in [7, 11) is 0. The van der Waals surface area contributed by atoms with Crippen molar-refractivity contribution >= 4 is 45.7 Å². The van der Waals surface area contributed by atoms with Crippen LogP contribution < -0.4 is 5.32 Å². The fourth-order valence-corrected chi connectivity index (χ4v) is 3.93. The van der Waals surface area contributed by atoms with Crippen molar-refractivity contribution in [2.75, 3.05) is 11.9 Å². The molecule has 0 spiro atoms. The molecule has 2 aromatic rings. The summed E-state index contributed by atoms with van der Waals surface area (Å²) in [6.07, 6.45) is 0. The zero-order chi connectivity index (χ0) is 19.3. The number of benzene rings is 1. The van der Waals surface area contributed by atoms with Gasteiger partial charge in [-0.1, -0.05) is 12.1 Å². The molecule has 0 radical (unpaired) electrons. The molecule has 26 heavy (non-hydrogen) atoms. The first kappa shape index (κ1) is 19.4. The monoisotopic (exact) mass is 391 g/mol. The number of carbonyl (C=O) groups excluding carboxylic acids is 2. The molecular formula is C16H13N3O5S2. The van der Waals surface area contributed by atoms with Gasteiger partial charge in [-0.2, -0.15) is 5.26 Å². The third-order valence-electron chi connectivity index (χ3n) is 3.27. The number of thiophene rings is 1. The van der Waals surface area contributed by atoms with Crippen LogP contribution in [0.25, 0.3) is 0 Å². The molecular weight excluding hydrogens is 378 g/mol. The molecule has 0 aliphatic carbocycles. The highest BCUT2D eigenvalue weighted by molar-refractivity contribution is 8.04. The summed E-state index contributed by atoms with van der Waals surface area (Å²) in [5, 5.41) is 24.8. The number of thioether (sulfide) groups is 1. The molecule has 0 atom stereocenters. The number of amides is 1. The molecule has 1 heterocycles. The predicted molar refractivity (Wildman–Crippen MR) is 97.5 cm³/mol. The summed E-state index contributed by atoms with van der Waals surface area (Å²) in [6.45, 7) is 3.50. The predicted octanol–water partition coefficient (Wildman–Crippen LogP) is 3.97. The summed E-state index contributed by atoms with van der Waals surface area (Å²) >= 11 is 1.76. The molecule has 0 fully saturated rings. The van der Waals surface area contributed by atoms with E-state index in [1.807, 2.05) is 5.40 Å². The number of carbonyl (C=O) groups is 2. The fraction of sp³-hybridized carbons (Fsp3) is 0.188. The maximum absolute atomic E-state index is 12.5. The Bertz CT molecular complexity index is 917. The molecule has 0 aliphatic rings. The number of hydrogen-bond acceptors (Lipinski definition) is 8. The van der Waals surface area contributed by atoms with Gasteiger partial charge in [0.25, 0.3) is 11.6 Å². The van der Waals surface area contributed by atoms with Gasteiger partial charge in [0.15, 0.2) is 0 Å². The number of nitrogens with zero attached hydrogens (tertiary/aromatic N) is 2. The summed E-state index contributed by atoms with van der Waals surface area (Å²) in [5.74, 6) is -1.25. The maximum Gasteiger partial charge on any atom is 0.348 e. The average molecular weight is 391 g/mol. The summed E-state index contributed by atoms with van der Waals surface area (Å²) < 4.78 is 4.97. The zero-order valence-corrected chi connectivity index (χ0v) is 15.4. The largest absolute Gasteiger partial charge is 0.462 e. The third-order valence-corrected chi connectivity index (χ3v) is 5.39.